The van der Waals surface area contributed by atoms with Crippen molar-refractivity contribution in [3.63, 3.8) is 0 Å². The van der Waals surface area contributed by atoms with E-state index >= 15 is 0 Å². The molecule has 0 spiro atoms. The molecule has 216 valence electrons. The molecule has 0 amide bonds. The number of carbonyl (C=O) groups is 1. The van der Waals surface area contributed by atoms with Crippen LogP contribution >= 0.6 is 11.3 Å². The van der Waals surface area contributed by atoms with Gasteiger partial charge < -0.3 is 14.8 Å². The van der Waals surface area contributed by atoms with Crippen LogP contribution in [-0.2, 0) is 10.8 Å². The standard InChI is InChI=1S/C31H49N3O3SSi/c1-20(2)39(21(3)4,22(5)6)37-28-15-26(14-25(28)17-35)34-31-27(16-32-19-33-31)30(36)29-13-24(18-38-29)12-23-10-8-7-9-11-23/h13,16,18-23,25-26,28,35H,7-12,14-15,17H2,1-6H3,(H,32,33,34)/t25-,26-,28+/m1/s1. The normalized spacial score (nSPS) is 22.8. The molecule has 3 atom stereocenters. The number of nitrogens with zero attached hydrogens (tertiary/aromatic N) is 2. The van der Waals surface area contributed by atoms with Crippen LogP contribution in [0.15, 0.2) is 24.0 Å². The molecule has 8 heteroatoms. The fraction of sp³-hybridized carbons (Fsp3) is 0.710. The number of ketones is 1. The molecular formula is C31H49N3O3SSi. The molecule has 2 saturated carbocycles. The Hall–Kier alpha value is -1.61. The van der Waals surface area contributed by atoms with Crippen molar-refractivity contribution in [3.8, 4) is 0 Å². The van der Waals surface area contributed by atoms with E-state index in [2.05, 4.69) is 68.3 Å². The molecule has 2 aromatic heterocycles. The maximum Gasteiger partial charge on any atom is 0.208 e. The Labute approximate surface area is 240 Å². The highest BCUT2D eigenvalue weighted by molar-refractivity contribution is 7.12. The van der Waals surface area contributed by atoms with Crippen molar-refractivity contribution in [3.05, 3.63) is 40.0 Å². The molecule has 0 saturated heterocycles. The van der Waals surface area contributed by atoms with Gasteiger partial charge in [-0.25, -0.2) is 9.97 Å². The van der Waals surface area contributed by atoms with Crippen molar-refractivity contribution >= 4 is 31.3 Å². The Morgan fingerprint density at radius 2 is 1.79 bits per heavy atom. The first-order valence-corrected chi connectivity index (χ1v) is 18.1. The highest BCUT2D eigenvalue weighted by Crippen LogP contribution is 2.46. The SMILES string of the molecule is CC(C)[Si](O[C@H]1C[C@H](Nc2ncncc2C(=O)c2cc(CC3CCCCC3)cs2)C[C@@H]1CO)(C(C)C)C(C)C. The first-order valence-electron chi connectivity index (χ1n) is 15.1. The average molecular weight is 572 g/mol. The van der Waals surface area contributed by atoms with Crippen LogP contribution in [0.3, 0.4) is 0 Å². The zero-order chi connectivity index (χ0) is 28.2. The molecule has 2 fully saturated rings. The van der Waals surface area contributed by atoms with Crippen LogP contribution in [0.5, 0.6) is 0 Å². The fourth-order valence-electron chi connectivity index (χ4n) is 7.47. The average Bonchev–Trinajstić information content (AvgIpc) is 3.53. The zero-order valence-corrected chi connectivity index (χ0v) is 26.6. The van der Waals surface area contributed by atoms with Crippen LogP contribution < -0.4 is 5.32 Å². The van der Waals surface area contributed by atoms with Crippen LogP contribution in [0.2, 0.25) is 16.6 Å². The molecule has 2 N–H and O–H groups in total. The van der Waals surface area contributed by atoms with Gasteiger partial charge in [0.1, 0.15) is 12.1 Å². The summed E-state index contributed by atoms with van der Waals surface area (Å²) in [5.41, 5.74) is 3.26. The van der Waals surface area contributed by atoms with Gasteiger partial charge in [-0.3, -0.25) is 4.79 Å². The van der Waals surface area contributed by atoms with Crippen LogP contribution in [-0.4, -0.2) is 47.9 Å². The van der Waals surface area contributed by atoms with E-state index < -0.39 is 8.32 Å². The summed E-state index contributed by atoms with van der Waals surface area (Å²) in [5.74, 6) is 1.38. The van der Waals surface area contributed by atoms with Crippen molar-refractivity contribution in [2.45, 2.75) is 122 Å². The lowest BCUT2D eigenvalue weighted by atomic mass is 9.85. The number of aliphatic hydroxyl groups excluding tert-OH is 1. The van der Waals surface area contributed by atoms with Crippen molar-refractivity contribution in [1.29, 1.82) is 0 Å². The molecule has 2 heterocycles. The second kappa shape index (κ2) is 13.4. The minimum absolute atomic E-state index is 0.00648. The van der Waals surface area contributed by atoms with E-state index in [0.717, 1.165) is 30.1 Å². The summed E-state index contributed by atoms with van der Waals surface area (Å²) in [6.07, 6.45) is 12.4. The second-order valence-electron chi connectivity index (χ2n) is 12.9. The molecule has 6 nitrogen and oxygen atoms in total. The summed E-state index contributed by atoms with van der Waals surface area (Å²) in [6.45, 7) is 13.9. The summed E-state index contributed by atoms with van der Waals surface area (Å²) in [5, 5.41) is 16.0. The van der Waals surface area contributed by atoms with E-state index in [-0.39, 0.29) is 30.5 Å². The van der Waals surface area contributed by atoms with E-state index in [4.69, 9.17) is 4.43 Å². The monoisotopic (exact) mass is 571 g/mol. The van der Waals surface area contributed by atoms with Crippen molar-refractivity contribution in [1.82, 2.24) is 9.97 Å². The summed E-state index contributed by atoms with van der Waals surface area (Å²) >= 11 is 1.53. The van der Waals surface area contributed by atoms with Gasteiger partial charge in [-0.2, -0.15) is 0 Å². The Kier molecular flexibility index (Phi) is 10.4. The van der Waals surface area contributed by atoms with Gasteiger partial charge in [0.05, 0.1) is 16.5 Å². The lowest BCUT2D eigenvalue weighted by molar-refractivity contribution is 0.0941. The summed E-state index contributed by atoms with van der Waals surface area (Å²) < 4.78 is 7.11. The minimum atomic E-state index is -2.08. The van der Waals surface area contributed by atoms with Crippen LogP contribution in [0.25, 0.3) is 0 Å². The number of carbonyl (C=O) groups excluding carboxylic acids is 1. The van der Waals surface area contributed by atoms with Crippen molar-refractivity contribution < 1.29 is 14.3 Å². The second-order valence-corrected chi connectivity index (χ2v) is 19.2. The molecule has 2 aromatic rings. The molecule has 0 unspecified atom stereocenters. The number of thiophene rings is 1. The van der Waals surface area contributed by atoms with E-state index in [1.807, 2.05) is 0 Å². The van der Waals surface area contributed by atoms with E-state index in [9.17, 15) is 9.90 Å². The molecule has 2 aliphatic carbocycles. The Morgan fingerprint density at radius 1 is 1.10 bits per heavy atom. The molecular weight excluding hydrogens is 523 g/mol. The predicted octanol–water partition coefficient (Wildman–Crippen LogP) is 7.64. The molecule has 4 rings (SSSR count). The molecule has 0 bridgehead atoms. The number of rotatable bonds is 12. The number of aromatic nitrogens is 2. The smallest absolute Gasteiger partial charge is 0.208 e. The number of nitrogens with one attached hydrogen (secondary N) is 1. The highest BCUT2D eigenvalue weighted by Gasteiger charge is 2.49. The van der Waals surface area contributed by atoms with Crippen LogP contribution in [0.4, 0.5) is 5.82 Å². The predicted molar refractivity (Wildman–Crippen MR) is 163 cm³/mol. The Bertz CT molecular complexity index is 1060. The quantitative estimate of drug-likeness (QED) is 0.201. The van der Waals surface area contributed by atoms with Gasteiger partial charge in [0.15, 0.2) is 0 Å². The van der Waals surface area contributed by atoms with Gasteiger partial charge in [-0.1, -0.05) is 73.6 Å². The topological polar surface area (TPSA) is 84.3 Å². The summed E-state index contributed by atoms with van der Waals surface area (Å²) in [6, 6.07) is 2.16. The minimum Gasteiger partial charge on any atom is -0.413 e. The third kappa shape index (κ3) is 6.83. The van der Waals surface area contributed by atoms with Gasteiger partial charge in [0.2, 0.25) is 14.1 Å². The van der Waals surface area contributed by atoms with Crippen LogP contribution in [0.1, 0.15) is 107 Å². The molecule has 0 aromatic carbocycles. The fourth-order valence-corrected chi connectivity index (χ4v) is 14.0. The number of anilines is 1. The Balaban J connectivity index is 1.47. The molecule has 0 radical (unpaired) electrons. The van der Waals surface area contributed by atoms with Gasteiger partial charge >= 0.3 is 0 Å². The highest BCUT2D eigenvalue weighted by atomic mass is 32.1. The molecule has 0 aliphatic heterocycles. The van der Waals surface area contributed by atoms with Crippen molar-refractivity contribution in [2.75, 3.05) is 11.9 Å². The largest absolute Gasteiger partial charge is 0.413 e. The lowest BCUT2D eigenvalue weighted by Crippen LogP contribution is -2.51. The molecule has 39 heavy (non-hydrogen) atoms. The van der Waals surface area contributed by atoms with Crippen molar-refractivity contribution in [2.24, 2.45) is 11.8 Å². The Morgan fingerprint density at radius 3 is 2.44 bits per heavy atom. The zero-order valence-electron chi connectivity index (χ0n) is 24.8. The molecule has 2 aliphatic rings. The maximum absolute atomic E-state index is 13.6. The van der Waals surface area contributed by atoms with Gasteiger partial charge in [0.25, 0.3) is 0 Å². The van der Waals surface area contributed by atoms with E-state index in [1.54, 1.807) is 6.20 Å². The maximum atomic E-state index is 13.6. The third-order valence-electron chi connectivity index (χ3n) is 9.35. The van der Waals surface area contributed by atoms with Gasteiger partial charge in [-0.15, -0.1) is 11.3 Å². The third-order valence-corrected chi connectivity index (χ3v) is 16.5. The number of hydrogen-bond donors (Lipinski definition) is 2. The van der Waals surface area contributed by atoms with E-state index in [0.29, 0.717) is 28.0 Å². The van der Waals surface area contributed by atoms with E-state index in [1.165, 1.54) is 55.3 Å². The lowest BCUT2D eigenvalue weighted by Gasteiger charge is -2.45. The first-order chi connectivity index (χ1) is 18.6. The number of aliphatic hydroxyl groups is 1. The van der Waals surface area contributed by atoms with Gasteiger partial charge in [0, 0.05) is 24.8 Å². The first kappa shape index (κ1) is 30.3. The van der Waals surface area contributed by atoms with Crippen LogP contribution in [0, 0.1) is 11.8 Å². The summed E-state index contributed by atoms with van der Waals surface area (Å²) in [4.78, 5) is 23.0. The number of hydrogen-bond acceptors (Lipinski definition) is 7. The summed E-state index contributed by atoms with van der Waals surface area (Å²) in [7, 11) is -2.08. The van der Waals surface area contributed by atoms with Gasteiger partial charge in [-0.05, 0) is 58.8 Å².